The number of hydrogen-bond donors (Lipinski definition) is 0. The number of carbonyl (C=O) groups is 1. The molecule has 254 valence electrons. The molecular weight excluding hydrogens is 568 g/mol. The molecule has 3 aliphatic heterocycles. The summed E-state index contributed by atoms with van der Waals surface area (Å²) in [5, 5.41) is 0.188. The summed E-state index contributed by atoms with van der Waals surface area (Å²) in [5.74, 6) is 0.904. The standard InChI is InChI=1S/C37H66O6Si/c1-13-14-15-29-20-26(4)32(41-29)17-16-30-19-25(3)27(5)34(42-30)22-35-31(21-36(38)39-10)28(6)33(43-35)18-24(2)23-40-44(11,12)37(7,8)9/h24-25,28-35H,4-5,13-23H2,1-3,6-12H3/t24-,25+,28+,29-,30-,31+,32?,33+,34+,35?/m0/s1. The Morgan fingerprint density at radius 3 is 2.34 bits per heavy atom. The van der Waals surface area contributed by atoms with Crippen LogP contribution in [-0.4, -0.2) is 64.6 Å². The van der Waals surface area contributed by atoms with Gasteiger partial charge in [-0.3, -0.25) is 4.79 Å². The van der Waals surface area contributed by atoms with Crippen molar-refractivity contribution in [2.75, 3.05) is 13.7 Å². The van der Waals surface area contributed by atoms with Gasteiger partial charge in [-0.2, -0.15) is 0 Å². The molecule has 0 bridgehead atoms. The number of carbonyl (C=O) groups excluding carboxylic acids is 1. The molecule has 3 saturated heterocycles. The monoisotopic (exact) mass is 634 g/mol. The zero-order chi connectivity index (χ0) is 32.8. The first-order valence-electron chi connectivity index (χ1n) is 17.6. The highest BCUT2D eigenvalue weighted by molar-refractivity contribution is 6.74. The number of ether oxygens (including phenoxy) is 4. The molecule has 10 atom stereocenters. The second-order valence-corrected chi connectivity index (χ2v) is 20.8. The first-order chi connectivity index (χ1) is 20.6. The van der Waals surface area contributed by atoms with Gasteiger partial charge in [0, 0.05) is 18.9 Å². The predicted octanol–water partition coefficient (Wildman–Crippen LogP) is 9.04. The predicted molar refractivity (Wildman–Crippen MR) is 182 cm³/mol. The van der Waals surface area contributed by atoms with Crippen molar-refractivity contribution in [3.05, 3.63) is 24.3 Å². The van der Waals surface area contributed by atoms with E-state index in [4.69, 9.17) is 23.4 Å². The number of esters is 1. The molecule has 0 radical (unpaired) electrons. The Kier molecular flexibility index (Phi) is 13.8. The van der Waals surface area contributed by atoms with Crippen molar-refractivity contribution >= 4 is 14.3 Å². The van der Waals surface area contributed by atoms with Crippen molar-refractivity contribution in [3.63, 3.8) is 0 Å². The maximum absolute atomic E-state index is 12.5. The highest BCUT2D eigenvalue weighted by Gasteiger charge is 2.46. The van der Waals surface area contributed by atoms with E-state index in [0.29, 0.717) is 24.4 Å². The summed E-state index contributed by atoms with van der Waals surface area (Å²) in [5.41, 5.74) is 2.39. The quantitative estimate of drug-likeness (QED) is 0.102. The molecule has 6 nitrogen and oxygen atoms in total. The molecule has 3 heterocycles. The normalized spacial score (nSPS) is 34.0. The lowest BCUT2D eigenvalue weighted by atomic mass is 9.79. The van der Waals surface area contributed by atoms with E-state index in [9.17, 15) is 4.79 Å². The van der Waals surface area contributed by atoms with Gasteiger partial charge in [0.2, 0.25) is 0 Å². The minimum Gasteiger partial charge on any atom is -0.469 e. The maximum atomic E-state index is 12.5. The van der Waals surface area contributed by atoms with Crippen molar-refractivity contribution in [2.45, 2.75) is 167 Å². The third-order valence-electron chi connectivity index (χ3n) is 11.3. The van der Waals surface area contributed by atoms with Crippen LogP contribution in [0.3, 0.4) is 0 Å². The van der Waals surface area contributed by atoms with Crippen LogP contribution in [0.4, 0.5) is 0 Å². The van der Waals surface area contributed by atoms with Crippen LogP contribution in [0.5, 0.6) is 0 Å². The number of hydrogen-bond acceptors (Lipinski definition) is 6. The molecule has 0 N–H and O–H groups in total. The van der Waals surface area contributed by atoms with Gasteiger partial charge in [0.1, 0.15) is 0 Å². The molecule has 3 rings (SSSR count). The molecule has 0 aliphatic carbocycles. The van der Waals surface area contributed by atoms with Gasteiger partial charge in [0.05, 0.1) is 50.2 Å². The summed E-state index contributed by atoms with van der Waals surface area (Å²) in [7, 11) is -0.339. The van der Waals surface area contributed by atoms with Crippen molar-refractivity contribution in [1.29, 1.82) is 0 Å². The fourth-order valence-electron chi connectivity index (χ4n) is 7.04. The minimum atomic E-state index is -1.81. The van der Waals surface area contributed by atoms with Gasteiger partial charge in [-0.25, -0.2) is 0 Å². The fourth-order valence-corrected chi connectivity index (χ4v) is 8.18. The van der Waals surface area contributed by atoms with Crippen LogP contribution < -0.4 is 0 Å². The van der Waals surface area contributed by atoms with E-state index in [1.54, 1.807) is 0 Å². The molecule has 0 amide bonds. The molecular formula is C37H66O6Si. The Hall–Kier alpha value is -0.993. The Labute approximate surface area is 271 Å². The van der Waals surface area contributed by atoms with Gasteiger partial charge >= 0.3 is 5.97 Å². The molecule has 0 spiro atoms. The second-order valence-electron chi connectivity index (χ2n) is 16.0. The topological polar surface area (TPSA) is 63.2 Å². The van der Waals surface area contributed by atoms with Crippen LogP contribution in [0.1, 0.15) is 113 Å². The van der Waals surface area contributed by atoms with Gasteiger partial charge in [-0.05, 0) is 85.6 Å². The first-order valence-corrected chi connectivity index (χ1v) is 20.5. The van der Waals surface area contributed by atoms with E-state index in [1.807, 2.05) is 0 Å². The SMILES string of the molecule is C=C1C[C@H](CCCC)OC1CC[C@H]1C[C@@H](C)C(=C)[C@@H](CC2O[C@H](C[C@H](C)CO[Si](C)(C)C(C)(C)C)[C@H](C)[C@H]2CC(=O)OC)O1. The molecule has 44 heavy (non-hydrogen) atoms. The average molecular weight is 635 g/mol. The number of unbranched alkanes of at least 4 members (excludes halogenated alkanes) is 1. The van der Waals surface area contributed by atoms with Crippen molar-refractivity contribution in [3.8, 4) is 0 Å². The van der Waals surface area contributed by atoms with Gasteiger partial charge in [0.25, 0.3) is 0 Å². The molecule has 7 heteroatoms. The van der Waals surface area contributed by atoms with Crippen molar-refractivity contribution in [1.82, 2.24) is 0 Å². The van der Waals surface area contributed by atoms with Crippen LogP contribution in [0.15, 0.2) is 24.3 Å². The van der Waals surface area contributed by atoms with E-state index in [-0.39, 0.29) is 53.4 Å². The van der Waals surface area contributed by atoms with Crippen molar-refractivity contribution in [2.24, 2.45) is 23.7 Å². The van der Waals surface area contributed by atoms with E-state index in [0.717, 1.165) is 57.1 Å². The van der Waals surface area contributed by atoms with Crippen LogP contribution in [0.2, 0.25) is 18.1 Å². The van der Waals surface area contributed by atoms with Crippen LogP contribution in [0.25, 0.3) is 0 Å². The third kappa shape index (κ3) is 10.0. The lowest BCUT2D eigenvalue weighted by Crippen LogP contribution is -2.42. The van der Waals surface area contributed by atoms with E-state index in [1.165, 1.54) is 25.5 Å². The highest BCUT2D eigenvalue weighted by atomic mass is 28.4. The molecule has 0 aromatic heterocycles. The summed E-state index contributed by atoms with van der Waals surface area (Å²) in [6.45, 7) is 30.0. The maximum Gasteiger partial charge on any atom is 0.305 e. The minimum absolute atomic E-state index is 0.0731. The summed E-state index contributed by atoms with van der Waals surface area (Å²) in [6, 6.07) is 0. The summed E-state index contributed by atoms with van der Waals surface area (Å²) < 4.78 is 31.6. The van der Waals surface area contributed by atoms with Gasteiger partial charge in [-0.15, -0.1) is 0 Å². The lowest BCUT2D eigenvalue weighted by molar-refractivity contribution is -0.142. The van der Waals surface area contributed by atoms with Crippen LogP contribution in [-0.2, 0) is 28.2 Å². The number of methoxy groups -OCH3 is 1. The largest absolute Gasteiger partial charge is 0.469 e. The Bertz CT molecular complexity index is 956. The smallest absolute Gasteiger partial charge is 0.305 e. The lowest BCUT2D eigenvalue weighted by Gasteiger charge is -2.38. The summed E-state index contributed by atoms with van der Waals surface area (Å²) in [6.07, 6.45) is 9.98. The Balaban J connectivity index is 1.62. The average Bonchev–Trinajstić information content (AvgIpc) is 3.44. The highest BCUT2D eigenvalue weighted by Crippen LogP contribution is 2.43. The second kappa shape index (κ2) is 16.2. The van der Waals surface area contributed by atoms with Gasteiger partial charge < -0.3 is 23.4 Å². The zero-order valence-corrected chi connectivity index (χ0v) is 30.9. The van der Waals surface area contributed by atoms with E-state index >= 15 is 0 Å². The van der Waals surface area contributed by atoms with Crippen molar-refractivity contribution < 1.29 is 28.2 Å². The Morgan fingerprint density at radius 2 is 1.70 bits per heavy atom. The molecule has 3 aliphatic rings. The van der Waals surface area contributed by atoms with Crippen LogP contribution in [0, 0.1) is 23.7 Å². The third-order valence-corrected chi connectivity index (χ3v) is 15.8. The van der Waals surface area contributed by atoms with Gasteiger partial charge in [0.15, 0.2) is 8.32 Å². The van der Waals surface area contributed by atoms with E-state index in [2.05, 4.69) is 74.7 Å². The zero-order valence-electron chi connectivity index (χ0n) is 29.9. The van der Waals surface area contributed by atoms with Gasteiger partial charge in [-0.1, -0.05) is 74.5 Å². The summed E-state index contributed by atoms with van der Waals surface area (Å²) in [4.78, 5) is 12.5. The Morgan fingerprint density at radius 1 is 1.02 bits per heavy atom. The summed E-state index contributed by atoms with van der Waals surface area (Å²) >= 11 is 0. The molecule has 0 aromatic rings. The molecule has 3 fully saturated rings. The molecule has 0 aromatic carbocycles. The van der Waals surface area contributed by atoms with E-state index < -0.39 is 8.32 Å². The molecule has 0 saturated carbocycles. The first kappa shape index (κ1) is 37.5. The number of rotatable bonds is 15. The van der Waals surface area contributed by atoms with Crippen LogP contribution >= 0.6 is 0 Å². The fraction of sp³-hybridized carbons (Fsp3) is 0.865. The molecule has 2 unspecified atom stereocenters.